The minimum absolute atomic E-state index is 0.179. The van der Waals surface area contributed by atoms with Crippen LogP contribution < -0.4 is 5.73 Å². The van der Waals surface area contributed by atoms with Gasteiger partial charge >= 0.3 is 0 Å². The number of fused-ring (bicyclic) bond motifs is 1. The molecule has 0 spiro atoms. The molecule has 1 saturated carbocycles. The summed E-state index contributed by atoms with van der Waals surface area (Å²) in [5, 5.41) is 1.98. The van der Waals surface area contributed by atoms with Crippen LogP contribution in [-0.2, 0) is 0 Å². The highest BCUT2D eigenvalue weighted by Crippen LogP contribution is 2.47. The molecule has 2 N–H and O–H groups in total. The predicted octanol–water partition coefficient (Wildman–Crippen LogP) is 2.16. The Bertz CT molecular complexity index is 582. The molecular formula is C14H14N2O. The maximum atomic E-state index is 12.5. The van der Waals surface area contributed by atoms with Gasteiger partial charge in [-0.1, -0.05) is 18.2 Å². The Kier molecular flexibility index (Phi) is 2.23. The molecule has 0 aliphatic heterocycles. The molecule has 2 aromatic rings. The highest BCUT2D eigenvalue weighted by Gasteiger charge is 2.48. The molecule has 0 atom stereocenters. The minimum Gasteiger partial charge on any atom is -0.329 e. The Hall–Kier alpha value is -1.74. The topological polar surface area (TPSA) is 56.0 Å². The van der Waals surface area contributed by atoms with Crippen LogP contribution in [0.5, 0.6) is 0 Å². The summed E-state index contributed by atoms with van der Waals surface area (Å²) in [5.74, 6) is 0.179. The molecular weight excluding hydrogens is 212 g/mol. The molecule has 3 nitrogen and oxygen atoms in total. The van der Waals surface area contributed by atoms with Crippen LogP contribution in [0.15, 0.2) is 36.7 Å². The van der Waals surface area contributed by atoms with E-state index < -0.39 is 0 Å². The second-order valence-electron chi connectivity index (χ2n) is 4.72. The van der Waals surface area contributed by atoms with Gasteiger partial charge in [0.2, 0.25) is 0 Å². The fourth-order valence-electron chi connectivity index (χ4n) is 2.27. The Labute approximate surface area is 99.7 Å². The van der Waals surface area contributed by atoms with Crippen molar-refractivity contribution < 1.29 is 4.79 Å². The highest BCUT2D eigenvalue weighted by atomic mass is 16.1. The summed E-state index contributed by atoms with van der Waals surface area (Å²) in [6.45, 7) is 0.447. The highest BCUT2D eigenvalue weighted by molar-refractivity contribution is 6.11. The number of carbonyl (C=O) groups is 1. The van der Waals surface area contributed by atoms with Gasteiger partial charge in [0, 0.05) is 35.3 Å². The average Bonchev–Trinajstić information content (AvgIpc) is 3.18. The predicted molar refractivity (Wildman–Crippen MR) is 66.8 cm³/mol. The van der Waals surface area contributed by atoms with Crippen LogP contribution in [0.3, 0.4) is 0 Å². The van der Waals surface area contributed by atoms with Gasteiger partial charge < -0.3 is 5.73 Å². The molecule has 1 aromatic heterocycles. The number of aromatic nitrogens is 1. The first-order valence-electron chi connectivity index (χ1n) is 5.84. The van der Waals surface area contributed by atoms with Crippen molar-refractivity contribution in [2.24, 2.45) is 11.1 Å². The monoisotopic (exact) mass is 226 g/mol. The number of hydrogen-bond acceptors (Lipinski definition) is 3. The summed E-state index contributed by atoms with van der Waals surface area (Å²) in [6, 6.07) is 7.72. The van der Waals surface area contributed by atoms with Gasteiger partial charge in [-0.25, -0.2) is 0 Å². The first-order valence-corrected chi connectivity index (χ1v) is 5.84. The van der Waals surface area contributed by atoms with Gasteiger partial charge in [0.1, 0.15) is 0 Å². The molecule has 86 valence electrons. The van der Waals surface area contributed by atoms with E-state index in [1.54, 1.807) is 12.4 Å². The van der Waals surface area contributed by atoms with Crippen LogP contribution in [0.1, 0.15) is 23.2 Å². The Balaban J connectivity index is 2.15. The number of carbonyl (C=O) groups excluding carboxylic acids is 1. The maximum absolute atomic E-state index is 12.5. The van der Waals surface area contributed by atoms with Gasteiger partial charge in [-0.2, -0.15) is 0 Å². The Morgan fingerprint density at radius 2 is 2.18 bits per heavy atom. The normalized spacial score (nSPS) is 17.0. The van der Waals surface area contributed by atoms with Crippen molar-refractivity contribution in [3.63, 3.8) is 0 Å². The molecule has 1 aromatic carbocycles. The molecule has 1 heterocycles. The molecule has 3 heteroatoms. The fourth-order valence-corrected chi connectivity index (χ4v) is 2.27. The van der Waals surface area contributed by atoms with E-state index in [1.807, 2.05) is 24.3 Å². The molecule has 1 aliphatic rings. The maximum Gasteiger partial charge on any atom is 0.170 e. The Morgan fingerprint density at radius 3 is 2.88 bits per heavy atom. The summed E-state index contributed by atoms with van der Waals surface area (Å²) in [5.41, 5.74) is 6.19. The van der Waals surface area contributed by atoms with Gasteiger partial charge in [0.15, 0.2) is 5.78 Å². The van der Waals surface area contributed by atoms with Crippen molar-refractivity contribution in [3.8, 4) is 0 Å². The van der Waals surface area contributed by atoms with E-state index in [2.05, 4.69) is 4.98 Å². The zero-order chi connectivity index (χ0) is 11.9. The third-order valence-corrected chi connectivity index (χ3v) is 3.65. The van der Waals surface area contributed by atoms with Gasteiger partial charge in [0.25, 0.3) is 0 Å². The van der Waals surface area contributed by atoms with Crippen LogP contribution in [0.2, 0.25) is 0 Å². The summed E-state index contributed by atoms with van der Waals surface area (Å²) in [7, 11) is 0. The SMILES string of the molecule is NCC1(C(=O)c2cccc3ccncc23)CC1. The largest absolute Gasteiger partial charge is 0.329 e. The number of nitrogens with zero attached hydrogens (tertiary/aromatic N) is 1. The van der Waals surface area contributed by atoms with Gasteiger partial charge in [0.05, 0.1) is 0 Å². The fraction of sp³-hybridized carbons (Fsp3) is 0.286. The van der Waals surface area contributed by atoms with Crippen molar-refractivity contribution in [2.75, 3.05) is 6.54 Å². The molecule has 0 amide bonds. The summed E-state index contributed by atoms with van der Waals surface area (Å²) < 4.78 is 0. The molecule has 1 aliphatic carbocycles. The minimum atomic E-state index is -0.288. The second kappa shape index (κ2) is 3.64. The van der Waals surface area contributed by atoms with Crippen molar-refractivity contribution >= 4 is 16.6 Å². The molecule has 1 fully saturated rings. The number of nitrogens with two attached hydrogens (primary N) is 1. The number of pyridine rings is 1. The van der Waals surface area contributed by atoms with E-state index in [0.29, 0.717) is 6.54 Å². The molecule has 17 heavy (non-hydrogen) atoms. The van der Waals surface area contributed by atoms with Crippen LogP contribution in [0.25, 0.3) is 10.8 Å². The lowest BCUT2D eigenvalue weighted by atomic mass is 9.92. The van der Waals surface area contributed by atoms with E-state index in [9.17, 15) is 4.79 Å². The van der Waals surface area contributed by atoms with Crippen molar-refractivity contribution in [3.05, 3.63) is 42.2 Å². The van der Waals surface area contributed by atoms with E-state index in [0.717, 1.165) is 29.2 Å². The molecule has 0 bridgehead atoms. The average molecular weight is 226 g/mol. The van der Waals surface area contributed by atoms with E-state index in [-0.39, 0.29) is 11.2 Å². The number of ketones is 1. The number of benzene rings is 1. The molecule has 3 rings (SSSR count). The van der Waals surface area contributed by atoms with Crippen molar-refractivity contribution in [1.82, 2.24) is 4.98 Å². The Morgan fingerprint density at radius 1 is 1.35 bits per heavy atom. The van der Waals surface area contributed by atoms with E-state index in [4.69, 9.17) is 5.73 Å². The van der Waals surface area contributed by atoms with Crippen LogP contribution in [0, 0.1) is 5.41 Å². The standard InChI is InChI=1S/C14H14N2O/c15-9-14(5-6-14)13(17)11-3-1-2-10-4-7-16-8-12(10)11/h1-4,7-8H,5-6,9,15H2. The van der Waals surface area contributed by atoms with E-state index in [1.165, 1.54) is 0 Å². The lowest BCUT2D eigenvalue weighted by Crippen LogP contribution is -2.25. The lowest BCUT2D eigenvalue weighted by Gasteiger charge is -2.12. The third-order valence-electron chi connectivity index (χ3n) is 3.65. The summed E-state index contributed by atoms with van der Waals surface area (Å²) in [6.07, 6.45) is 5.33. The third kappa shape index (κ3) is 1.54. The van der Waals surface area contributed by atoms with Crippen molar-refractivity contribution in [1.29, 1.82) is 0 Å². The number of Topliss-reactive ketones (excluding diaryl/α,β-unsaturated/α-hetero) is 1. The summed E-state index contributed by atoms with van der Waals surface area (Å²) >= 11 is 0. The van der Waals surface area contributed by atoms with Gasteiger partial charge in [-0.3, -0.25) is 9.78 Å². The molecule has 0 unspecified atom stereocenters. The lowest BCUT2D eigenvalue weighted by molar-refractivity contribution is 0.0907. The smallest absolute Gasteiger partial charge is 0.170 e. The first-order chi connectivity index (χ1) is 8.27. The van der Waals surface area contributed by atoms with Crippen molar-refractivity contribution in [2.45, 2.75) is 12.8 Å². The van der Waals surface area contributed by atoms with Crippen LogP contribution in [0.4, 0.5) is 0 Å². The molecule has 0 radical (unpaired) electrons. The van der Waals surface area contributed by atoms with Crippen LogP contribution >= 0.6 is 0 Å². The van der Waals surface area contributed by atoms with Gasteiger partial charge in [-0.05, 0) is 24.3 Å². The van der Waals surface area contributed by atoms with E-state index >= 15 is 0 Å². The first kappa shape index (κ1) is 10.4. The zero-order valence-corrected chi connectivity index (χ0v) is 9.52. The molecule has 0 saturated heterocycles. The van der Waals surface area contributed by atoms with Crippen LogP contribution in [-0.4, -0.2) is 17.3 Å². The van der Waals surface area contributed by atoms with Gasteiger partial charge in [-0.15, -0.1) is 0 Å². The second-order valence-corrected chi connectivity index (χ2v) is 4.72. The number of rotatable bonds is 3. The summed E-state index contributed by atoms with van der Waals surface area (Å²) in [4.78, 5) is 16.6. The number of hydrogen-bond donors (Lipinski definition) is 1. The quantitative estimate of drug-likeness (QED) is 0.816. The zero-order valence-electron chi connectivity index (χ0n) is 9.52.